The summed E-state index contributed by atoms with van der Waals surface area (Å²) in [6.45, 7) is 0.262. The second-order valence-electron chi connectivity index (χ2n) is 4.95. The van der Waals surface area contributed by atoms with Gasteiger partial charge < -0.3 is 5.11 Å². The zero-order valence-electron chi connectivity index (χ0n) is 11.9. The van der Waals surface area contributed by atoms with E-state index in [0.717, 1.165) is 11.3 Å². The van der Waals surface area contributed by atoms with Crippen molar-refractivity contribution in [1.29, 1.82) is 0 Å². The smallest absolute Gasteiger partial charge is 0.227 e. The highest BCUT2D eigenvalue weighted by Gasteiger charge is 2.13. The summed E-state index contributed by atoms with van der Waals surface area (Å²) in [6, 6.07) is 16.0. The zero-order valence-corrected chi connectivity index (χ0v) is 11.9. The van der Waals surface area contributed by atoms with Crippen LogP contribution in [0.4, 0.5) is 0 Å². The molecule has 0 saturated heterocycles. The van der Waals surface area contributed by atoms with E-state index < -0.39 is 0 Å². The Hall–Kier alpha value is -3.01. The van der Waals surface area contributed by atoms with Crippen molar-refractivity contribution in [2.24, 2.45) is 0 Å². The molecule has 108 valence electrons. The zero-order chi connectivity index (χ0) is 15.4. The monoisotopic (exact) mass is 291 g/mol. The molecule has 0 fully saturated rings. The number of phenolic OH excluding ortho intramolecular Hbond substituents is 1. The van der Waals surface area contributed by atoms with Crippen molar-refractivity contribution in [3.8, 4) is 17.0 Å². The summed E-state index contributed by atoms with van der Waals surface area (Å²) in [6.07, 6.45) is 5.26. The molecule has 0 unspecified atom stereocenters. The molecule has 3 rings (SSSR count). The minimum absolute atomic E-state index is 0.0495. The van der Waals surface area contributed by atoms with Crippen molar-refractivity contribution in [1.82, 2.24) is 4.98 Å². The van der Waals surface area contributed by atoms with E-state index in [1.807, 2.05) is 41.1 Å². The number of hydrogen-bond acceptors (Lipinski definition) is 3. The molecule has 4 heteroatoms. The minimum Gasteiger partial charge on any atom is -0.508 e. The summed E-state index contributed by atoms with van der Waals surface area (Å²) >= 11 is 0. The maximum Gasteiger partial charge on any atom is 0.227 e. The van der Waals surface area contributed by atoms with E-state index in [1.165, 1.54) is 0 Å². The molecule has 0 atom stereocenters. The van der Waals surface area contributed by atoms with Crippen molar-refractivity contribution in [2.75, 3.05) is 0 Å². The first-order valence-electron chi connectivity index (χ1n) is 6.95. The summed E-state index contributed by atoms with van der Waals surface area (Å²) < 4.78 is 1.81. The van der Waals surface area contributed by atoms with Gasteiger partial charge in [-0.15, -0.1) is 0 Å². The highest BCUT2D eigenvalue weighted by atomic mass is 16.3. The highest BCUT2D eigenvalue weighted by molar-refractivity contribution is 5.94. The minimum atomic E-state index is 0.0495. The van der Waals surface area contributed by atoms with Crippen molar-refractivity contribution in [2.45, 2.75) is 6.54 Å². The predicted molar refractivity (Wildman–Crippen MR) is 82.3 cm³/mol. The Morgan fingerprint density at radius 1 is 1.05 bits per heavy atom. The molecular weight excluding hydrogens is 276 g/mol. The Kier molecular flexibility index (Phi) is 3.92. The Bertz CT molecular complexity index is 784. The summed E-state index contributed by atoms with van der Waals surface area (Å²) in [4.78, 5) is 16.5. The summed E-state index contributed by atoms with van der Waals surface area (Å²) in [5.74, 6) is 0.264. The number of carbonyl (C=O) groups is 1. The quantitative estimate of drug-likeness (QED) is 0.594. The van der Waals surface area contributed by atoms with Gasteiger partial charge in [-0.2, -0.15) is 4.57 Å². The fourth-order valence-electron chi connectivity index (χ4n) is 2.19. The molecule has 0 bridgehead atoms. The van der Waals surface area contributed by atoms with Gasteiger partial charge in [-0.1, -0.05) is 30.3 Å². The third-order valence-electron chi connectivity index (χ3n) is 3.34. The van der Waals surface area contributed by atoms with Gasteiger partial charge in [-0.05, 0) is 24.3 Å². The molecule has 22 heavy (non-hydrogen) atoms. The number of carbonyl (C=O) groups excluding carboxylic acids is 1. The molecule has 3 aromatic rings. The van der Waals surface area contributed by atoms with Gasteiger partial charge in [0.1, 0.15) is 11.4 Å². The second kappa shape index (κ2) is 6.18. The molecular formula is C18H15N2O2+. The number of rotatable bonds is 4. The first-order valence-corrected chi connectivity index (χ1v) is 6.95. The maximum atomic E-state index is 12.2. The standard InChI is InChI=1S/C18H14N2O2/c21-16-8-6-14(7-9-16)17-12-20(11-10-19-17)13-18(22)15-4-2-1-3-5-15/h1-12H,13H2/p+1. The van der Waals surface area contributed by atoms with E-state index in [2.05, 4.69) is 4.98 Å². The van der Waals surface area contributed by atoms with Crippen LogP contribution in [0, 0.1) is 0 Å². The van der Waals surface area contributed by atoms with Gasteiger partial charge >= 0.3 is 0 Å². The number of hydrogen-bond donors (Lipinski definition) is 1. The van der Waals surface area contributed by atoms with E-state index >= 15 is 0 Å². The summed E-state index contributed by atoms with van der Waals surface area (Å²) in [5, 5.41) is 9.33. The lowest BCUT2D eigenvalue weighted by Crippen LogP contribution is -2.37. The summed E-state index contributed by atoms with van der Waals surface area (Å²) in [5.41, 5.74) is 2.33. The molecule has 4 nitrogen and oxygen atoms in total. The SMILES string of the molecule is O=C(C[n+]1ccnc(-c2ccc(O)cc2)c1)c1ccccc1. The molecule has 0 amide bonds. The Balaban J connectivity index is 1.82. The molecule has 0 radical (unpaired) electrons. The van der Waals surface area contributed by atoms with Crippen molar-refractivity contribution in [3.63, 3.8) is 0 Å². The number of ketones is 1. The number of aromatic nitrogens is 2. The number of benzene rings is 2. The van der Waals surface area contributed by atoms with E-state index in [4.69, 9.17) is 0 Å². The second-order valence-corrected chi connectivity index (χ2v) is 4.95. The first-order chi connectivity index (χ1) is 10.7. The fraction of sp³-hybridized carbons (Fsp3) is 0.0556. The summed E-state index contributed by atoms with van der Waals surface area (Å²) in [7, 11) is 0. The number of nitrogens with zero attached hydrogens (tertiary/aromatic N) is 2. The predicted octanol–water partition coefficient (Wildman–Crippen LogP) is 2.62. The van der Waals surface area contributed by atoms with E-state index in [0.29, 0.717) is 5.56 Å². The van der Waals surface area contributed by atoms with Crippen molar-refractivity contribution in [3.05, 3.63) is 78.8 Å². The van der Waals surface area contributed by atoms with Crippen molar-refractivity contribution < 1.29 is 14.5 Å². The van der Waals surface area contributed by atoms with Gasteiger partial charge in [0.15, 0.2) is 12.4 Å². The normalized spacial score (nSPS) is 10.4. The van der Waals surface area contributed by atoms with Crippen molar-refractivity contribution >= 4 is 5.78 Å². The molecule has 1 N–H and O–H groups in total. The van der Waals surface area contributed by atoms with Crippen LogP contribution in [0.3, 0.4) is 0 Å². The molecule has 0 aliphatic rings. The van der Waals surface area contributed by atoms with Crippen LogP contribution in [0.1, 0.15) is 10.4 Å². The Morgan fingerprint density at radius 3 is 2.50 bits per heavy atom. The Labute approximate surface area is 128 Å². The van der Waals surface area contributed by atoms with Crippen LogP contribution >= 0.6 is 0 Å². The average Bonchev–Trinajstić information content (AvgIpc) is 2.56. The van der Waals surface area contributed by atoms with Crippen LogP contribution in [0.2, 0.25) is 0 Å². The maximum absolute atomic E-state index is 12.2. The third kappa shape index (κ3) is 3.17. The van der Waals surface area contributed by atoms with E-state index in [9.17, 15) is 9.90 Å². The molecule has 0 aliphatic heterocycles. The fourth-order valence-corrected chi connectivity index (χ4v) is 2.19. The van der Waals surface area contributed by atoms with E-state index in [1.54, 1.807) is 36.7 Å². The van der Waals surface area contributed by atoms with Crippen LogP contribution in [0.5, 0.6) is 5.75 Å². The number of Topliss-reactive ketones (excluding diaryl/α,β-unsaturated/α-hetero) is 1. The molecule has 0 aliphatic carbocycles. The van der Waals surface area contributed by atoms with Crippen LogP contribution in [0.25, 0.3) is 11.3 Å². The third-order valence-corrected chi connectivity index (χ3v) is 3.34. The van der Waals surface area contributed by atoms with Crippen LogP contribution in [-0.2, 0) is 6.54 Å². The van der Waals surface area contributed by atoms with Gasteiger partial charge in [-0.25, -0.2) is 4.98 Å². The van der Waals surface area contributed by atoms with Crippen LogP contribution in [0.15, 0.2) is 73.2 Å². The molecule has 0 spiro atoms. The number of aromatic hydroxyl groups is 1. The first kappa shape index (κ1) is 13.9. The van der Waals surface area contributed by atoms with Gasteiger partial charge in [0, 0.05) is 11.1 Å². The number of phenols is 1. The van der Waals surface area contributed by atoms with Gasteiger partial charge in [0.25, 0.3) is 0 Å². The van der Waals surface area contributed by atoms with Gasteiger partial charge in [0.2, 0.25) is 12.3 Å². The lowest BCUT2D eigenvalue weighted by molar-refractivity contribution is -0.683. The topological polar surface area (TPSA) is 54.1 Å². The molecule has 1 aromatic heterocycles. The lowest BCUT2D eigenvalue weighted by atomic mass is 10.1. The van der Waals surface area contributed by atoms with Gasteiger partial charge in [0.05, 0.1) is 6.20 Å². The molecule has 1 heterocycles. The largest absolute Gasteiger partial charge is 0.508 e. The Morgan fingerprint density at radius 2 is 1.77 bits per heavy atom. The van der Waals surface area contributed by atoms with Gasteiger partial charge in [-0.3, -0.25) is 4.79 Å². The average molecular weight is 291 g/mol. The molecule has 0 saturated carbocycles. The van der Waals surface area contributed by atoms with Crippen LogP contribution < -0.4 is 4.57 Å². The van der Waals surface area contributed by atoms with Crippen LogP contribution in [-0.4, -0.2) is 15.9 Å². The lowest BCUT2D eigenvalue weighted by Gasteiger charge is -2.01. The highest BCUT2D eigenvalue weighted by Crippen LogP contribution is 2.18. The van der Waals surface area contributed by atoms with E-state index in [-0.39, 0.29) is 18.1 Å². The molecule has 2 aromatic carbocycles.